The van der Waals surface area contributed by atoms with Crippen molar-refractivity contribution in [1.29, 1.82) is 0 Å². The molecule has 0 spiro atoms. The minimum Gasteiger partial charge on any atom is -0.423 e. The fourth-order valence-electron chi connectivity index (χ4n) is 1.41. The lowest BCUT2D eigenvalue weighted by molar-refractivity contribution is 0.425. The summed E-state index contributed by atoms with van der Waals surface area (Å²) in [7, 11) is -1.94. The van der Waals surface area contributed by atoms with Gasteiger partial charge in [-0.1, -0.05) is 0 Å². The zero-order valence-electron chi connectivity index (χ0n) is 9.92. The molecular weight excluding hydrogens is 289 g/mol. The number of thiazole rings is 1. The Kier molecular flexibility index (Phi) is 4.27. The highest BCUT2D eigenvalue weighted by Crippen LogP contribution is 2.16. The number of nitrogens with zero attached hydrogens (tertiary/aromatic N) is 2. The van der Waals surface area contributed by atoms with Crippen LogP contribution in [-0.4, -0.2) is 28.4 Å². The van der Waals surface area contributed by atoms with Crippen molar-refractivity contribution in [2.45, 2.75) is 0 Å². The van der Waals surface area contributed by atoms with Gasteiger partial charge in [0.25, 0.3) is 0 Å². The highest BCUT2D eigenvalue weighted by Gasteiger charge is 2.18. The van der Waals surface area contributed by atoms with E-state index in [1.54, 1.807) is 5.38 Å². The lowest BCUT2D eigenvalue weighted by Gasteiger charge is -2.05. The molecule has 20 heavy (non-hydrogen) atoms. The average Bonchev–Trinajstić information content (AvgIpc) is 2.79. The fourth-order valence-corrected chi connectivity index (χ4v) is 1.96. The first kappa shape index (κ1) is 14.4. The van der Waals surface area contributed by atoms with Crippen LogP contribution >= 0.6 is 11.3 Å². The summed E-state index contributed by atoms with van der Waals surface area (Å²) >= 11 is 1.21. The summed E-state index contributed by atoms with van der Waals surface area (Å²) in [5.41, 5.74) is 7.77. The minimum atomic E-state index is -1.94. The van der Waals surface area contributed by atoms with Gasteiger partial charge in [-0.05, 0) is 23.2 Å². The maximum absolute atomic E-state index is 13.1. The van der Waals surface area contributed by atoms with Crippen LogP contribution in [0.2, 0.25) is 0 Å². The van der Waals surface area contributed by atoms with Gasteiger partial charge in [0.05, 0.1) is 6.21 Å². The van der Waals surface area contributed by atoms with Gasteiger partial charge in [-0.15, -0.1) is 11.3 Å². The standard InChI is InChI=1S/C10H9BF2N4O2S/c12-7-1-5(6(11(18)19)2-8(7)13)3-15-17-10-16-9(14)4-20-10/h1-4,18-19H,14H2,(H,16,17). The van der Waals surface area contributed by atoms with Crippen molar-refractivity contribution in [2.75, 3.05) is 11.2 Å². The monoisotopic (exact) mass is 298 g/mol. The number of hydrazone groups is 1. The largest absolute Gasteiger partial charge is 0.489 e. The summed E-state index contributed by atoms with van der Waals surface area (Å²) in [6, 6.07) is 1.51. The number of nitrogens with two attached hydrogens (primary N) is 1. The van der Waals surface area contributed by atoms with Crippen LogP contribution in [0.4, 0.5) is 19.7 Å². The molecule has 2 rings (SSSR count). The van der Waals surface area contributed by atoms with Crippen molar-refractivity contribution in [2.24, 2.45) is 5.10 Å². The molecule has 0 aliphatic carbocycles. The van der Waals surface area contributed by atoms with Crippen LogP contribution in [0.5, 0.6) is 0 Å². The van der Waals surface area contributed by atoms with Gasteiger partial charge in [0, 0.05) is 5.38 Å². The van der Waals surface area contributed by atoms with E-state index in [1.165, 1.54) is 11.3 Å². The normalized spacial score (nSPS) is 11.0. The molecule has 5 N–H and O–H groups in total. The molecule has 0 radical (unpaired) electrons. The highest BCUT2D eigenvalue weighted by atomic mass is 32.1. The predicted octanol–water partition coefficient (Wildman–Crippen LogP) is 0.129. The molecule has 0 bridgehead atoms. The lowest BCUT2D eigenvalue weighted by atomic mass is 9.77. The summed E-state index contributed by atoms with van der Waals surface area (Å²) in [5.74, 6) is -1.97. The molecule has 0 aliphatic heterocycles. The molecule has 0 aliphatic rings. The smallest absolute Gasteiger partial charge is 0.423 e. The van der Waals surface area contributed by atoms with Crippen molar-refractivity contribution in [3.63, 3.8) is 0 Å². The summed E-state index contributed by atoms with van der Waals surface area (Å²) in [5, 5.41) is 23.9. The third kappa shape index (κ3) is 3.29. The average molecular weight is 298 g/mol. The van der Waals surface area contributed by atoms with E-state index in [0.29, 0.717) is 17.0 Å². The highest BCUT2D eigenvalue weighted by molar-refractivity contribution is 7.14. The Morgan fingerprint density at radius 3 is 2.65 bits per heavy atom. The third-order valence-electron chi connectivity index (χ3n) is 2.29. The summed E-state index contributed by atoms with van der Waals surface area (Å²) in [6.45, 7) is 0. The zero-order chi connectivity index (χ0) is 14.7. The molecule has 0 amide bonds. The van der Waals surface area contributed by atoms with E-state index in [-0.39, 0.29) is 11.0 Å². The van der Waals surface area contributed by atoms with Crippen LogP contribution in [0.1, 0.15) is 5.56 Å². The van der Waals surface area contributed by atoms with E-state index in [2.05, 4.69) is 15.5 Å². The van der Waals surface area contributed by atoms with Crippen LogP contribution in [-0.2, 0) is 0 Å². The Hall–Kier alpha value is -2.04. The Morgan fingerprint density at radius 1 is 1.35 bits per heavy atom. The molecule has 104 valence electrons. The molecule has 1 aromatic carbocycles. The van der Waals surface area contributed by atoms with Crippen LogP contribution in [0, 0.1) is 11.6 Å². The van der Waals surface area contributed by atoms with Crippen LogP contribution in [0.3, 0.4) is 0 Å². The van der Waals surface area contributed by atoms with Crippen LogP contribution < -0.4 is 16.6 Å². The number of nitrogen functional groups attached to an aromatic ring is 1. The number of rotatable bonds is 4. The summed E-state index contributed by atoms with van der Waals surface area (Å²) in [4.78, 5) is 3.87. The van der Waals surface area contributed by atoms with Crippen LogP contribution in [0.15, 0.2) is 22.6 Å². The molecule has 2 aromatic rings. The number of nitrogens with one attached hydrogen (secondary N) is 1. The maximum Gasteiger partial charge on any atom is 0.489 e. The second-order valence-electron chi connectivity index (χ2n) is 3.72. The van der Waals surface area contributed by atoms with Crippen molar-refractivity contribution in [3.05, 3.63) is 34.7 Å². The van der Waals surface area contributed by atoms with E-state index in [0.717, 1.165) is 12.3 Å². The molecule has 10 heteroatoms. The van der Waals surface area contributed by atoms with Crippen molar-refractivity contribution < 1.29 is 18.8 Å². The topological polar surface area (TPSA) is 104 Å². The molecule has 0 saturated heterocycles. The number of hydrogen-bond acceptors (Lipinski definition) is 7. The molecular formula is C10H9BF2N4O2S. The molecule has 1 heterocycles. The van der Waals surface area contributed by atoms with E-state index >= 15 is 0 Å². The Labute approximate surface area is 116 Å². The van der Waals surface area contributed by atoms with E-state index < -0.39 is 18.8 Å². The van der Waals surface area contributed by atoms with Crippen LogP contribution in [0.25, 0.3) is 0 Å². The van der Waals surface area contributed by atoms with Gasteiger partial charge in [0.1, 0.15) is 5.82 Å². The first-order valence-electron chi connectivity index (χ1n) is 5.32. The Balaban J connectivity index is 2.21. The predicted molar refractivity (Wildman–Crippen MR) is 73.9 cm³/mol. The first-order chi connectivity index (χ1) is 9.47. The van der Waals surface area contributed by atoms with E-state index in [1.807, 2.05) is 0 Å². The summed E-state index contributed by atoms with van der Waals surface area (Å²) in [6.07, 6.45) is 1.12. The van der Waals surface area contributed by atoms with Crippen molar-refractivity contribution >= 4 is 41.1 Å². The molecule has 1 aromatic heterocycles. The Morgan fingerprint density at radius 2 is 2.05 bits per heavy atom. The number of aromatic nitrogens is 1. The number of hydrogen-bond donors (Lipinski definition) is 4. The third-order valence-corrected chi connectivity index (χ3v) is 3.06. The van der Waals surface area contributed by atoms with Crippen molar-refractivity contribution in [3.8, 4) is 0 Å². The Bertz CT molecular complexity index is 650. The second-order valence-corrected chi connectivity index (χ2v) is 4.57. The second kappa shape index (κ2) is 5.95. The SMILES string of the molecule is Nc1csc(NN=Cc2cc(F)c(F)cc2B(O)O)n1. The molecule has 0 unspecified atom stereocenters. The van der Waals surface area contributed by atoms with Gasteiger partial charge in [-0.2, -0.15) is 5.10 Å². The molecule has 0 fully saturated rings. The lowest BCUT2D eigenvalue weighted by Crippen LogP contribution is -2.33. The fraction of sp³-hybridized carbons (Fsp3) is 0. The number of benzene rings is 1. The van der Waals surface area contributed by atoms with Crippen molar-refractivity contribution in [1.82, 2.24) is 4.98 Å². The summed E-state index contributed by atoms with van der Waals surface area (Å²) < 4.78 is 26.2. The van der Waals surface area contributed by atoms with Gasteiger partial charge in [0.2, 0.25) is 5.13 Å². The molecule has 0 saturated carbocycles. The van der Waals surface area contributed by atoms with Gasteiger partial charge in [-0.3, -0.25) is 5.43 Å². The van der Waals surface area contributed by atoms with Gasteiger partial charge < -0.3 is 15.8 Å². The van der Waals surface area contributed by atoms with E-state index in [4.69, 9.17) is 15.8 Å². The maximum atomic E-state index is 13.1. The zero-order valence-corrected chi connectivity index (χ0v) is 10.7. The van der Waals surface area contributed by atoms with Gasteiger partial charge in [-0.25, -0.2) is 13.8 Å². The quantitative estimate of drug-likeness (QED) is 0.365. The van der Waals surface area contributed by atoms with Gasteiger partial charge in [0.15, 0.2) is 11.6 Å². The number of halogens is 2. The number of anilines is 2. The first-order valence-corrected chi connectivity index (χ1v) is 6.20. The van der Waals surface area contributed by atoms with Gasteiger partial charge >= 0.3 is 7.12 Å². The van der Waals surface area contributed by atoms with E-state index in [9.17, 15) is 8.78 Å². The molecule has 6 nitrogen and oxygen atoms in total. The minimum absolute atomic E-state index is 0.0240. The molecule has 0 atom stereocenters.